The Kier molecular flexibility index (Phi) is 3.82. The highest BCUT2D eigenvalue weighted by molar-refractivity contribution is 7.10. The summed E-state index contributed by atoms with van der Waals surface area (Å²) in [5.74, 6) is 0. The third kappa shape index (κ3) is 2.51. The lowest BCUT2D eigenvalue weighted by molar-refractivity contribution is 0.694. The summed E-state index contributed by atoms with van der Waals surface area (Å²) in [7, 11) is 1.94. The Morgan fingerprint density at radius 3 is 2.59 bits per heavy atom. The van der Waals surface area contributed by atoms with E-state index < -0.39 is 0 Å². The molecule has 0 fully saturated rings. The third-order valence-electron chi connectivity index (χ3n) is 2.77. The number of hydrogen-bond acceptors (Lipinski definition) is 3. The monoisotopic (exact) mass is 266 g/mol. The lowest BCUT2D eigenvalue weighted by atomic mass is 10.0. The lowest BCUT2D eigenvalue weighted by Crippen LogP contribution is -2.18. The van der Waals surface area contributed by atoms with Crippen LogP contribution >= 0.6 is 22.9 Å². The Labute approximate surface area is 111 Å². The van der Waals surface area contributed by atoms with Gasteiger partial charge in [0.05, 0.1) is 11.1 Å². The van der Waals surface area contributed by atoms with Gasteiger partial charge in [-0.15, -0.1) is 11.3 Å². The summed E-state index contributed by atoms with van der Waals surface area (Å²) in [6.45, 7) is 4.04. The molecular weight excluding hydrogens is 252 g/mol. The van der Waals surface area contributed by atoms with Gasteiger partial charge in [-0.1, -0.05) is 17.7 Å². The average molecular weight is 267 g/mol. The van der Waals surface area contributed by atoms with Crippen LogP contribution in [0.1, 0.15) is 27.9 Å². The zero-order valence-electron chi connectivity index (χ0n) is 10.1. The normalized spacial score (nSPS) is 12.7. The molecule has 1 N–H and O–H groups in total. The Hall–Kier alpha value is -0.900. The van der Waals surface area contributed by atoms with Crippen molar-refractivity contribution in [2.45, 2.75) is 19.9 Å². The molecule has 0 bridgehead atoms. The van der Waals surface area contributed by atoms with Crippen LogP contribution in [0.3, 0.4) is 0 Å². The summed E-state index contributed by atoms with van der Waals surface area (Å²) < 4.78 is 0. The highest BCUT2D eigenvalue weighted by atomic mass is 35.5. The topological polar surface area (TPSA) is 24.9 Å². The van der Waals surface area contributed by atoms with Gasteiger partial charge in [0.25, 0.3) is 0 Å². The number of nitrogens with one attached hydrogen (secondary N) is 1. The van der Waals surface area contributed by atoms with Gasteiger partial charge < -0.3 is 5.32 Å². The predicted molar refractivity (Wildman–Crippen MR) is 73.9 cm³/mol. The molecule has 1 atom stereocenters. The fraction of sp³-hybridized carbons (Fsp3) is 0.308. The van der Waals surface area contributed by atoms with E-state index in [1.165, 1.54) is 5.56 Å². The van der Waals surface area contributed by atoms with Crippen LogP contribution in [0.5, 0.6) is 0 Å². The predicted octanol–water partition coefficient (Wildman–Crippen LogP) is 3.72. The minimum Gasteiger partial charge on any atom is -0.309 e. The summed E-state index contributed by atoms with van der Waals surface area (Å²) in [6, 6.07) is 6.21. The van der Waals surface area contributed by atoms with E-state index in [0.29, 0.717) is 0 Å². The molecule has 2 aromatic rings. The van der Waals surface area contributed by atoms with Crippen LogP contribution in [0.2, 0.25) is 5.02 Å². The van der Waals surface area contributed by atoms with E-state index in [4.69, 9.17) is 11.6 Å². The van der Waals surface area contributed by atoms with E-state index >= 15 is 0 Å². The SMILES string of the molecule is CNC(c1ccc(C)nc1C)c1sccc1Cl. The highest BCUT2D eigenvalue weighted by Gasteiger charge is 2.18. The van der Waals surface area contributed by atoms with E-state index in [2.05, 4.69) is 16.4 Å². The maximum absolute atomic E-state index is 6.20. The van der Waals surface area contributed by atoms with Crippen LogP contribution < -0.4 is 5.32 Å². The van der Waals surface area contributed by atoms with Gasteiger partial charge in [-0.25, -0.2) is 0 Å². The number of nitrogens with zero attached hydrogens (tertiary/aromatic N) is 1. The molecule has 0 radical (unpaired) electrons. The van der Waals surface area contributed by atoms with Gasteiger partial charge in [-0.2, -0.15) is 0 Å². The molecule has 2 nitrogen and oxygen atoms in total. The third-order valence-corrected chi connectivity index (χ3v) is 4.20. The van der Waals surface area contributed by atoms with Gasteiger partial charge in [-0.3, -0.25) is 4.98 Å². The quantitative estimate of drug-likeness (QED) is 0.916. The van der Waals surface area contributed by atoms with Crippen LogP contribution in [0.25, 0.3) is 0 Å². The van der Waals surface area contributed by atoms with E-state index in [0.717, 1.165) is 21.3 Å². The molecule has 17 heavy (non-hydrogen) atoms. The van der Waals surface area contributed by atoms with Crippen LogP contribution in [-0.4, -0.2) is 12.0 Å². The molecule has 0 amide bonds. The number of hydrogen-bond donors (Lipinski definition) is 1. The second-order valence-corrected chi connectivity index (χ2v) is 5.34. The Bertz CT molecular complexity index is 522. The molecule has 0 aliphatic carbocycles. The molecule has 2 rings (SSSR count). The highest BCUT2D eigenvalue weighted by Crippen LogP contribution is 2.33. The van der Waals surface area contributed by atoms with Crippen molar-refractivity contribution in [3.8, 4) is 0 Å². The van der Waals surface area contributed by atoms with Crippen LogP contribution in [0.4, 0.5) is 0 Å². The molecule has 0 aromatic carbocycles. The fourth-order valence-corrected chi connectivity index (χ4v) is 3.23. The molecule has 1 unspecified atom stereocenters. The smallest absolute Gasteiger partial charge is 0.0701 e. The zero-order valence-corrected chi connectivity index (χ0v) is 11.7. The summed E-state index contributed by atoms with van der Waals surface area (Å²) in [5.41, 5.74) is 3.27. The fourth-order valence-electron chi connectivity index (χ4n) is 1.94. The van der Waals surface area contributed by atoms with Crippen LogP contribution in [-0.2, 0) is 0 Å². The van der Waals surface area contributed by atoms with Crippen molar-refractivity contribution < 1.29 is 0 Å². The number of aryl methyl sites for hydroxylation is 2. The first-order valence-corrected chi connectivity index (χ1v) is 6.73. The van der Waals surface area contributed by atoms with Gasteiger partial charge in [0.1, 0.15) is 0 Å². The van der Waals surface area contributed by atoms with Crippen molar-refractivity contribution in [1.29, 1.82) is 0 Å². The van der Waals surface area contributed by atoms with E-state index in [-0.39, 0.29) is 6.04 Å². The number of aromatic nitrogens is 1. The zero-order chi connectivity index (χ0) is 12.4. The minimum absolute atomic E-state index is 0.121. The van der Waals surface area contributed by atoms with E-state index in [9.17, 15) is 0 Å². The first kappa shape index (κ1) is 12.6. The number of rotatable bonds is 3. The first-order valence-electron chi connectivity index (χ1n) is 5.47. The maximum Gasteiger partial charge on any atom is 0.0701 e. The second-order valence-electron chi connectivity index (χ2n) is 3.98. The largest absolute Gasteiger partial charge is 0.309 e. The molecule has 0 saturated carbocycles. The molecule has 2 aromatic heterocycles. The number of pyridine rings is 1. The summed E-state index contributed by atoms with van der Waals surface area (Å²) in [4.78, 5) is 5.65. The van der Waals surface area contributed by atoms with Gasteiger partial charge in [0.15, 0.2) is 0 Å². The van der Waals surface area contributed by atoms with Crippen molar-refractivity contribution >= 4 is 22.9 Å². The van der Waals surface area contributed by atoms with Crippen molar-refractivity contribution in [3.63, 3.8) is 0 Å². The standard InChI is InChI=1S/C13H15ClN2S/c1-8-4-5-10(9(2)16-8)12(15-3)13-11(14)6-7-17-13/h4-7,12,15H,1-3H3. The molecule has 0 aliphatic heterocycles. The molecule has 0 saturated heterocycles. The molecule has 2 heterocycles. The minimum atomic E-state index is 0.121. The summed E-state index contributed by atoms with van der Waals surface area (Å²) in [5, 5.41) is 6.13. The molecule has 0 spiro atoms. The van der Waals surface area contributed by atoms with Gasteiger partial charge in [0.2, 0.25) is 0 Å². The molecular formula is C13H15ClN2S. The van der Waals surface area contributed by atoms with Crippen molar-refractivity contribution in [2.24, 2.45) is 0 Å². The second kappa shape index (κ2) is 5.17. The van der Waals surface area contributed by atoms with E-state index in [1.54, 1.807) is 11.3 Å². The van der Waals surface area contributed by atoms with Gasteiger partial charge in [-0.05, 0) is 44.0 Å². The van der Waals surface area contributed by atoms with Gasteiger partial charge >= 0.3 is 0 Å². The van der Waals surface area contributed by atoms with Crippen LogP contribution in [0.15, 0.2) is 23.6 Å². The first-order chi connectivity index (χ1) is 8.13. The Balaban J connectivity index is 2.46. The summed E-state index contributed by atoms with van der Waals surface area (Å²) in [6.07, 6.45) is 0. The molecule has 0 aliphatic rings. The van der Waals surface area contributed by atoms with Crippen molar-refractivity contribution in [2.75, 3.05) is 7.05 Å². The van der Waals surface area contributed by atoms with Crippen molar-refractivity contribution in [1.82, 2.24) is 10.3 Å². The van der Waals surface area contributed by atoms with E-state index in [1.807, 2.05) is 38.4 Å². The molecule has 4 heteroatoms. The average Bonchev–Trinajstić information content (AvgIpc) is 2.69. The Morgan fingerprint density at radius 1 is 1.29 bits per heavy atom. The maximum atomic E-state index is 6.20. The van der Waals surface area contributed by atoms with Crippen molar-refractivity contribution in [3.05, 3.63) is 50.4 Å². The number of thiophene rings is 1. The van der Waals surface area contributed by atoms with Gasteiger partial charge in [0, 0.05) is 16.3 Å². The lowest BCUT2D eigenvalue weighted by Gasteiger charge is -2.18. The summed E-state index contributed by atoms with van der Waals surface area (Å²) >= 11 is 7.86. The van der Waals surface area contributed by atoms with Crippen LogP contribution in [0, 0.1) is 13.8 Å². The molecule has 90 valence electrons. The Morgan fingerprint density at radius 2 is 2.06 bits per heavy atom. The number of halogens is 1.